The zero-order chi connectivity index (χ0) is 14.2. The summed E-state index contributed by atoms with van der Waals surface area (Å²) in [6.45, 7) is 10.9. The van der Waals surface area contributed by atoms with E-state index >= 15 is 0 Å². The van der Waals surface area contributed by atoms with Crippen LogP contribution in [0.2, 0.25) is 0 Å². The van der Waals surface area contributed by atoms with Gasteiger partial charge < -0.3 is 0 Å². The first kappa shape index (κ1) is 14.3. The van der Waals surface area contributed by atoms with Crippen LogP contribution in [0.15, 0.2) is 18.3 Å². The van der Waals surface area contributed by atoms with Gasteiger partial charge in [-0.1, -0.05) is 47.5 Å². The number of hydrogen-bond acceptors (Lipinski definition) is 1. The molecule has 2 aromatic rings. The summed E-state index contributed by atoms with van der Waals surface area (Å²) in [5.41, 5.74) is 7.66. The molecule has 0 spiro atoms. The summed E-state index contributed by atoms with van der Waals surface area (Å²) >= 11 is 3.56. The molecule has 102 valence electrons. The van der Waals surface area contributed by atoms with Crippen LogP contribution in [0.1, 0.15) is 47.7 Å². The van der Waals surface area contributed by atoms with Gasteiger partial charge in [-0.05, 0) is 37.8 Å². The lowest BCUT2D eigenvalue weighted by Gasteiger charge is -2.17. The maximum Gasteiger partial charge on any atom is 0.0707 e. The Balaban J connectivity index is 2.69. The highest BCUT2D eigenvalue weighted by atomic mass is 79.9. The monoisotopic (exact) mass is 320 g/mol. The molecule has 1 aromatic heterocycles. The van der Waals surface area contributed by atoms with Crippen molar-refractivity contribution < 1.29 is 0 Å². The van der Waals surface area contributed by atoms with Gasteiger partial charge in [0.15, 0.2) is 0 Å². The van der Waals surface area contributed by atoms with E-state index in [0.29, 0.717) is 5.92 Å². The highest BCUT2D eigenvalue weighted by Crippen LogP contribution is 2.28. The van der Waals surface area contributed by atoms with Crippen molar-refractivity contribution in [1.29, 1.82) is 0 Å². The maximum absolute atomic E-state index is 4.62. The number of rotatable bonds is 3. The Bertz CT molecular complexity index is 574. The lowest BCUT2D eigenvalue weighted by molar-refractivity contribution is 0.724. The first-order valence-electron chi connectivity index (χ1n) is 6.66. The quantitative estimate of drug-likeness (QED) is 0.741. The fourth-order valence-electron chi connectivity index (χ4n) is 2.79. The Morgan fingerprint density at radius 2 is 1.74 bits per heavy atom. The van der Waals surface area contributed by atoms with E-state index < -0.39 is 0 Å². The zero-order valence-corrected chi connectivity index (χ0v) is 13.9. The predicted octanol–water partition coefficient (Wildman–Crippen LogP) is 4.82. The number of nitrogens with zero attached hydrogens (tertiary/aromatic N) is 2. The molecule has 0 aliphatic carbocycles. The second kappa shape index (κ2) is 5.49. The summed E-state index contributed by atoms with van der Waals surface area (Å²) in [7, 11) is 0. The fraction of sp³-hybridized carbons (Fsp3) is 0.438. The van der Waals surface area contributed by atoms with E-state index in [1.54, 1.807) is 0 Å². The number of halogens is 1. The molecule has 2 nitrogen and oxygen atoms in total. The van der Waals surface area contributed by atoms with Gasteiger partial charge in [0, 0.05) is 10.9 Å². The van der Waals surface area contributed by atoms with E-state index in [-0.39, 0.29) is 0 Å². The van der Waals surface area contributed by atoms with Crippen molar-refractivity contribution in [2.24, 2.45) is 0 Å². The van der Waals surface area contributed by atoms with Crippen LogP contribution >= 0.6 is 15.9 Å². The van der Waals surface area contributed by atoms with Gasteiger partial charge >= 0.3 is 0 Å². The van der Waals surface area contributed by atoms with Gasteiger partial charge in [0.05, 0.1) is 17.6 Å². The summed E-state index contributed by atoms with van der Waals surface area (Å²) in [5, 5.41) is 5.47. The van der Waals surface area contributed by atoms with Crippen molar-refractivity contribution in [2.75, 3.05) is 0 Å². The third kappa shape index (κ3) is 2.62. The molecule has 0 saturated heterocycles. The van der Waals surface area contributed by atoms with Crippen LogP contribution in [-0.4, -0.2) is 9.78 Å². The Morgan fingerprint density at radius 1 is 1.16 bits per heavy atom. The topological polar surface area (TPSA) is 17.8 Å². The second-order valence-electron chi connectivity index (χ2n) is 5.50. The molecule has 0 radical (unpaired) electrons. The molecule has 0 aliphatic heterocycles. The lowest BCUT2D eigenvalue weighted by atomic mass is 10.0. The molecule has 0 bridgehead atoms. The van der Waals surface area contributed by atoms with Crippen LogP contribution in [0.3, 0.4) is 0 Å². The van der Waals surface area contributed by atoms with E-state index in [2.05, 4.69) is 72.5 Å². The normalized spacial score (nSPS) is 11.3. The standard InChI is InChI=1S/C16H21BrN2/c1-10(2)15-14(8-17)9-18-19(15)16-12(4)6-11(3)7-13(16)5/h6-7,9-10H,8H2,1-5H3. The molecule has 1 aromatic carbocycles. The van der Waals surface area contributed by atoms with Crippen molar-refractivity contribution in [3.05, 3.63) is 46.3 Å². The average molecular weight is 321 g/mol. The van der Waals surface area contributed by atoms with Crippen LogP contribution in [0.25, 0.3) is 5.69 Å². The SMILES string of the molecule is Cc1cc(C)c(-n2ncc(CBr)c2C(C)C)c(C)c1. The highest BCUT2D eigenvalue weighted by Gasteiger charge is 2.17. The van der Waals surface area contributed by atoms with Crippen molar-refractivity contribution >= 4 is 15.9 Å². The summed E-state index contributed by atoms with van der Waals surface area (Å²) in [4.78, 5) is 0. The Hall–Kier alpha value is -1.09. The van der Waals surface area contributed by atoms with E-state index in [9.17, 15) is 0 Å². The third-order valence-corrected chi connectivity index (χ3v) is 4.03. The number of aromatic nitrogens is 2. The van der Waals surface area contributed by atoms with Crippen LogP contribution in [0, 0.1) is 20.8 Å². The van der Waals surface area contributed by atoms with Crippen molar-refractivity contribution in [3.8, 4) is 5.69 Å². The molecular weight excluding hydrogens is 300 g/mol. The molecule has 0 fully saturated rings. The first-order valence-corrected chi connectivity index (χ1v) is 7.78. The molecule has 0 unspecified atom stereocenters. The summed E-state index contributed by atoms with van der Waals surface area (Å²) in [6.07, 6.45) is 1.98. The van der Waals surface area contributed by atoms with Crippen LogP contribution in [0.4, 0.5) is 0 Å². The molecular formula is C16H21BrN2. The summed E-state index contributed by atoms with van der Waals surface area (Å²) < 4.78 is 2.12. The minimum atomic E-state index is 0.454. The summed E-state index contributed by atoms with van der Waals surface area (Å²) in [6, 6.07) is 4.45. The van der Waals surface area contributed by atoms with Gasteiger partial charge in [-0.25, -0.2) is 4.68 Å². The maximum atomic E-state index is 4.62. The largest absolute Gasteiger partial charge is 0.237 e. The van der Waals surface area contributed by atoms with Gasteiger partial charge in [0.1, 0.15) is 0 Å². The van der Waals surface area contributed by atoms with Crippen molar-refractivity contribution in [3.63, 3.8) is 0 Å². The molecule has 2 rings (SSSR count). The molecule has 3 heteroatoms. The Labute approximate surface area is 124 Å². The van der Waals surface area contributed by atoms with E-state index in [1.807, 2.05) is 6.20 Å². The number of alkyl halides is 1. The van der Waals surface area contributed by atoms with E-state index in [1.165, 1.54) is 33.6 Å². The number of hydrogen-bond donors (Lipinski definition) is 0. The van der Waals surface area contributed by atoms with Crippen molar-refractivity contribution in [1.82, 2.24) is 9.78 Å². The van der Waals surface area contributed by atoms with Crippen molar-refractivity contribution in [2.45, 2.75) is 45.9 Å². The summed E-state index contributed by atoms with van der Waals surface area (Å²) in [5.74, 6) is 0.454. The highest BCUT2D eigenvalue weighted by molar-refractivity contribution is 9.08. The first-order chi connectivity index (χ1) is 8.95. The zero-order valence-electron chi connectivity index (χ0n) is 12.3. The van der Waals surface area contributed by atoms with E-state index in [4.69, 9.17) is 0 Å². The van der Waals surface area contributed by atoms with Crippen LogP contribution < -0.4 is 0 Å². The van der Waals surface area contributed by atoms with E-state index in [0.717, 1.165) is 5.33 Å². The Kier molecular flexibility index (Phi) is 4.14. The van der Waals surface area contributed by atoms with Gasteiger partial charge in [0.25, 0.3) is 0 Å². The van der Waals surface area contributed by atoms with Gasteiger partial charge in [-0.3, -0.25) is 0 Å². The molecule has 0 amide bonds. The van der Waals surface area contributed by atoms with Crippen LogP contribution in [-0.2, 0) is 5.33 Å². The minimum absolute atomic E-state index is 0.454. The molecule has 0 atom stereocenters. The smallest absolute Gasteiger partial charge is 0.0707 e. The molecule has 0 N–H and O–H groups in total. The second-order valence-corrected chi connectivity index (χ2v) is 6.06. The minimum Gasteiger partial charge on any atom is -0.237 e. The fourth-order valence-corrected chi connectivity index (χ4v) is 3.23. The van der Waals surface area contributed by atoms with Gasteiger partial charge in [0.2, 0.25) is 0 Å². The third-order valence-electron chi connectivity index (χ3n) is 3.42. The lowest BCUT2D eigenvalue weighted by Crippen LogP contribution is -2.08. The van der Waals surface area contributed by atoms with Gasteiger partial charge in [-0.2, -0.15) is 5.10 Å². The predicted molar refractivity (Wildman–Crippen MR) is 84.5 cm³/mol. The Morgan fingerprint density at radius 3 is 2.21 bits per heavy atom. The molecule has 0 aliphatic rings. The molecule has 0 saturated carbocycles. The molecule has 1 heterocycles. The van der Waals surface area contributed by atoms with Gasteiger partial charge in [-0.15, -0.1) is 0 Å². The molecule has 19 heavy (non-hydrogen) atoms. The number of benzene rings is 1. The average Bonchev–Trinajstić information content (AvgIpc) is 2.71. The number of aryl methyl sites for hydroxylation is 3. The van der Waals surface area contributed by atoms with Crippen LogP contribution in [0.5, 0.6) is 0 Å².